The molecule has 1 aliphatic heterocycles. The summed E-state index contributed by atoms with van der Waals surface area (Å²) in [5.41, 5.74) is 8.84. The number of aliphatic hydroxyl groups is 1. The minimum atomic E-state index is -0.563. The van der Waals surface area contributed by atoms with Gasteiger partial charge in [-0.05, 0) is 30.3 Å². The summed E-state index contributed by atoms with van der Waals surface area (Å²) in [7, 11) is 0. The van der Waals surface area contributed by atoms with Crippen molar-refractivity contribution in [3.8, 4) is 10.4 Å². The first-order valence-electron chi connectivity index (χ1n) is 11.0. The Morgan fingerprint density at radius 2 is 2.06 bits per heavy atom. The zero-order chi connectivity index (χ0) is 23.8. The molecule has 3 atom stereocenters. The highest BCUT2D eigenvalue weighted by Gasteiger charge is 2.32. The van der Waals surface area contributed by atoms with E-state index in [1.54, 1.807) is 42.7 Å². The Balaban J connectivity index is 1.40. The van der Waals surface area contributed by atoms with Gasteiger partial charge in [-0.3, -0.25) is 9.78 Å². The number of aromatic nitrogens is 2. The van der Waals surface area contributed by atoms with Gasteiger partial charge in [0.1, 0.15) is 11.5 Å². The molecule has 4 aromatic rings. The van der Waals surface area contributed by atoms with Crippen molar-refractivity contribution in [2.45, 2.75) is 19.1 Å². The number of amides is 1. The lowest BCUT2D eigenvalue weighted by Crippen LogP contribution is -2.55. The molecule has 0 radical (unpaired) electrons. The molecule has 0 saturated carbocycles. The molecular formula is C25H24FN5O2S. The molecule has 1 amide bonds. The number of rotatable bonds is 4. The van der Waals surface area contributed by atoms with Crippen LogP contribution in [-0.2, 0) is 0 Å². The zero-order valence-electron chi connectivity index (χ0n) is 18.5. The van der Waals surface area contributed by atoms with Crippen LogP contribution in [-0.4, -0.2) is 46.2 Å². The van der Waals surface area contributed by atoms with Gasteiger partial charge in [-0.1, -0.05) is 25.1 Å². The van der Waals surface area contributed by atoms with Gasteiger partial charge in [-0.25, -0.2) is 9.37 Å². The van der Waals surface area contributed by atoms with Gasteiger partial charge < -0.3 is 21.1 Å². The molecular weight excluding hydrogens is 453 g/mol. The first kappa shape index (κ1) is 22.4. The van der Waals surface area contributed by atoms with Crippen LogP contribution in [0.25, 0.3) is 20.7 Å². The van der Waals surface area contributed by atoms with E-state index in [9.17, 15) is 14.3 Å². The minimum Gasteiger partial charge on any atom is -0.391 e. The number of carbonyl (C=O) groups excluding carboxylic acids is 1. The number of carbonyl (C=O) groups is 1. The monoisotopic (exact) mass is 477 g/mol. The average molecular weight is 478 g/mol. The number of piperidine rings is 1. The maximum absolute atomic E-state index is 14.2. The molecule has 4 heterocycles. The maximum Gasteiger partial charge on any atom is 0.274 e. The molecule has 34 heavy (non-hydrogen) atoms. The van der Waals surface area contributed by atoms with E-state index >= 15 is 0 Å². The van der Waals surface area contributed by atoms with Crippen LogP contribution < -0.4 is 16.0 Å². The number of nitrogens with one attached hydrogen (secondary N) is 1. The highest BCUT2D eigenvalue weighted by molar-refractivity contribution is 7.22. The van der Waals surface area contributed by atoms with Crippen LogP contribution >= 0.6 is 11.3 Å². The number of nitrogens with two attached hydrogens (primary N) is 1. The van der Waals surface area contributed by atoms with Crippen LogP contribution in [0.2, 0.25) is 0 Å². The number of hydrogen-bond donors (Lipinski definition) is 3. The number of thiophene rings is 1. The number of benzene rings is 1. The number of fused-ring (bicyclic) bond motifs is 1. The number of hydrogen-bond acceptors (Lipinski definition) is 7. The molecule has 0 bridgehead atoms. The van der Waals surface area contributed by atoms with Gasteiger partial charge in [0, 0.05) is 41.7 Å². The summed E-state index contributed by atoms with van der Waals surface area (Å²) in [5.74, 6) is -0.675. The van der Waals surface area contributed by atoms with Crippen molar-refractivity contribution in [3.63, 3.8) is 0 Å². The van der Waals surface area contributed by atoms with Crippen LogP contribution in [0.3, 0.4) is 0 Å². The van der Waals surface area contributed by atoms with Crippen LogP contribution in [0.4, 0.5) is 15.8 Å². The fourth-order valence-corrected chi connectivity index (χ4v) is 5.33. The summed E-state index contributed by atoms with van der Waals surface area (Å²) in [6, 6.07) is 13.3. The van der Waals surface area contributed by atoms with E-state index in [4.69, 9.17) is 5.73 Å². The third-order valence-electron chi connectivity index (χ3n) is 6.09. The minimum absolute atomic E-state index is 0.00761. The van der Waals surface area contributed by atoms with Crippen molar-refractivity contribution in [3.05, 3.63) is 72.4 Å². The van der Waals surface area contributed by atoms with Crippen molar-refractivity contribution in [1.82, 2.24) is 9.97 Å². The molecule has 0 aliphatic carbocycles. The van der Waals surface area contributed by atoms with E-state index in [-0.39, 0.29) is 29.4 Å². The summed E-state index contributed by atoms with van der Waals surface area (Å²) < 4.78 is 15.1. The second-order valence-electron chi connectivity index (χ2n) is 8.55. The largest absolute Gasteiger partial charge is 0.391 e. The molecule has 1 aliphatic rings. The van der Waals surface area contributed by atoms with E-state index in [1.807, 2.05) is 19.1 Å². The molecule has 0 unspecified atom stereocenters. The Bertz CT molecular complexity index is 1350. The summed E-state index contributed by atoms with van der Waals surface area (Å²) in [6.45, 7) is 3.03. The summed E-state index contributed by atoms with van der Waals surface area (Å²) in [6.07, 6.45) is 2.69. The van der Waals surface area contributed by atoms with Crippen molar-refractivity contribution in [2.24, 2.45) is 11.7 Å². The molecule has 0 spiro atoms. The predicted octanol–water partition coefficient (Wildman–Crippen LogP) is 3.89. The highest BCUT2D eigenvalue weighted by Crippen LogP contribution is 2.34. The summed E-state index contributed by atoms with van der Waals surface area (Å²) in [5, 5.41) is 13.1. The lowest BCUT2D eigenvalue weighted by Gasteiger charge is -2.40. The maximum atomic E-state index is 14.2. The number of pyridine rings is 2. The van der Waals surface area contributed by atoms with E-state index < -0.39 is 6.10 Å². The van der Waals surface area contributed by atoms with E-state index in [2.05, 4.69) is 20.2 Å². The fourth-order valence-electron chi connectivity index (χ4n) is 4.30. The quantitative estimate of drug-likeness (QED) is 0.412. The molecule has 1 fully saturated rings. The van der Waals surface area contributed by atoms with Gasteiger partial charge in [-0.2, -0.15) is 0 Å². The van der Waals surface area contributed by atoms with Gasteiger partial charge in [0.05, 0.1) is 33.9 Å². The first-order valence-corrected chi connectivity index (χ1v) is 11.8. The fraction of sp³-hybridized carbons (Fsp3) is 0.240. The number of nitrogens with zero attached hydrogens (tertiary/aromatic N) is 3. The van der Waals surface area contributed by atoms with Crippen LogP contribution in [0, 0.1) is 11.7 Å². The van der Waals surface area contributed by atoms with Gasteiger partial charge in [-0.15, -0.1) is 11.3 Å². The van der Waals surface area contributed by atoms with Gasteiger partial charge in [0.15, 0.2) is 0 Å². The van der Waals surface area contributed by atoms with Crippen molar-refractivity contribution < 1.29 is 14.3 Å². The number of anilines is 2. The molecule has 4 N–H and O–H groups in total. The zero-order valence-corrected chi connectivity index (χ0v) is 19.3. The lowest BCUT2D eigenvalue weighted by molar-refractivity contribution is 0.0785. The normalized spacial score (nSPS) is 20.5. The van der Waals surface area contributed by atoms with Crippen molar-refractivity contribution in [1.29, 1.82) is 0 Å². The van der Waals surface area contributed by atoms with Crippen LogP contribution in [0.15, 0.2) is 60.9 Å². The summed E-state index contributed by atoms with van der Waals surface area (Å²) in [4.78, 5) is 24.5. The second-order valence-corrected chi connectivity index (χ2v) is 9.64. The molecule has 174 valence electrons. The third kappa shape index (κ3) is 4.25. The molecule has 7 nitrogen and oxygen atoms in total. The molecule has 9 heteroatoms. The summed E-state index contributed by atoms with van der Waals surface area (Å²) >= 11 is 1.43. The predicted molar refractivity (Wildman–Crippen MR) is 133 cm³/mol. The van der Waals surface area contributed by atoms with Gasteiger partial charge in [0.25, 0.3) is 5.91 Å². The van der Waals surface area contributed by atoms with Crippen molar-refractivity contribution in [2.75, 3.05) is 23.3 Å². The Hall–Kier alpha value is -3.40. The van der Waals surface area contributed by atoms with Gasteiger partial charge >= 0.3 is 0 Å². The number of aliphatic hydroxyl groups excluding tert-OH is 1. The Kier molecular flexibility index (Phi) is 5.99. The van der Waals surface area contributed by atoms with E-state index in [0.717, 1.165) is 15.3 Å². The smallest absolute Gasteiger partial charge is 0.274 e. The molecule has 5 rings (SSSR count). The second kappa shape index (κ2) is 9.09. The number of halogens is 1. The first-order chi connectivity index (χ1) is 16.4. The standard InChI is InChI=1S/C25H24FN5O2S/c1-14-12-31(13-17(27)24(14)32)21-8-9-28-11-20(21)30-25(33)18-6-7-22-19(29-18)10-23(34-22)15-4-2-3-5-16(15)26/h2-11,14,17,24,32H,12-13,27H2,1H3,(H,30,33)/t14-,17+,24+/m0/s1. The molecule has 1 aromatic carbocycles. The molecule has 3 aromatic heterocycles. The Morgan fingerprint density at radius 1 is 1.24 bits per heavy atom. The topological polar surface area (TPSA) is 104 Å². The lowest BCUT2D eigenvalue weighted by atomic mass is 9.92. The SMILES string of the molecule is C[C@H]1CN(c2ccncc2NC(=O)c2ccc3sc(-c4ccccc4F)cc3n2)C[C@@H](N)[C@@H]1O. The van der Waals surface area contributed by atoms with Crippen molar-refractivity contribution >= 4 is 38.8 Å². The van der Waals surface area contributed by atoms with E-state index in [0.29, 0.717) is 29.9 Å². The van der Waals surface area contributed by atoms with E-state index in [1.165, 1.54) is 17.4 Å². The Morgan fingerprint density at radius 3 is 2.85 bits per heavy atom. The third-order valence-corrected chi connectivity index (χ3v) is 7.22. The Labute approximate surface area is 200 Å². The highest BCUT2D eigenvalue weighted by atomic mass is 32.1. The molecule has 1 saturated heterocycles. The average Bonchev–Trinajstić information content (AvgIpc) is 3.26. The van der Waals surface area contributed by atoms with Crippen LogP contribution in [0.1, 0.15) is 17.4 Å². The van der Waals surface area contributed by atoms with Crippen LogP contribution in [0.5, 0.6) is 0 Å². The van der Waals surface area contributed by atoms with Gasteiger partial charge in [0.2, 0.25) is 0 Å².